The fourth-order valence-electron chi connectivity index (χ4n) is 3.89. The van der Waals surface area contributed by atoms with E-state index >= 15 is 0 Å². The third-order valence-electron chi connectivity index (χ3n) is 5.41. The number of carbonyl (C=O) groups is 2. The van der Waals surface area contributed by atoms with E-state index in [4.69, 9.17) is 9.97 Å². The Morgan fingerprint density at radius 2 is 1.96 bits per heavy atom. The highest BCUT2D eigenvalue weighted by molar-refractivity contribution is 5.89. The maximum absolute atomic E-state index is 13.0. The van der Waals surface area contributed by atoms with Crippen LogP contribution in [0.2, 0.25) is 0 Å². The van der Waals surface area contributed by atoms with E-state index in [1.54, 1.807) is 24.3 Å². The Hall–Kier alpha value is -3.03. The number of rotatable bonds is 3. The summed E-state index contributed by atoms with van der Waals surface area (Å²) in [5.74, 6) is 1.34. The van der Waals surface area contributed by atoms with Gasteiger partial charge < -0.3 is 14.7 Å². The van der Waals surface area contributed by atoms with Gasteiger partial charge in [0, 0.05) is 64.2 Å². The molecule has 4 rings (SSSR count). The minimum absolute atomic E-state index is 0.0351. The van der Waals surface area contributed by atoms with Crippen LogP contribution in [0.15, 0.2) is 24.5 Å². The van der Waals surface area contributed by atoms with Crippen molar-refractivity contribution in [1.82, 2.24) is 24.8 Å². The van der Waals surface area contributed by atoms with Crippen LogP contribution in [-0.2, 0) is 22.6 Å². The quantitative estimate of drug-likeness (QED) is 0.789. The summed E-state index contributed by atoms with van der Waals surface area (Å²) >= 11 is 0. The summed E-state index contributed by atoms with van der Waals surface area (Å²) in [5, 5.41) is 0. The van der Waals surface area contributed by atoms with Gasteiger partial charge in [0.2, 0.25) is 11.8 Å². The second kappa shape index (κ2) is 7.18. The number of hydrogen-bond donors (Lipinski definition) is 0. The van der Waals surface area contributed by atoms with E-state index in [0.29, 0.717) is 38.3 Å². The van der Waals surface area contributed by atoms with Crippen LogP contribution < -0.4 is 4.90 Å². The first-order valence-electron chi connectivity index (χ1n) is 9.44. The molecule has 0 aromatic carbocycles. The summed E-state index contributed by atoms with van der Waals surface area (Å²) in [6, 6.07) is 3.76. The molecule has 0 saturated carbocycles. The third kappa shape index (κ3) is 3.30. The molecule has 2 aromatic heterocycles. The van der Waals surface area contributed by atoms with Gasteiger partial charge in [-0.3, -0.25) is 14.6 Å². The smallest absolute Gasteiger partial charge is 0.228 e. The van der Waals surface area contributed by atoms with E-state index in [9.17, 15) is 9.59 Å². The van der Waals surface area contributed by atoms with Crippen molar-refractivity contribution in [2.45, 2.75) is 19.4 Å². The molecule has 0 aliphatic carbocycles. The standard InChI is InChI=1S/C20H24N6O2/c1-24(2)19-15-6-9-26(20(28)14-10-17(27)25(3)11-14)12-16(15)22-18(23-19)13-4-7-21-8-5-13/h4-5,7-8,14H,6,9-12H2,1-3H3/t14-/m0/s1. The highest BCUT2D eigenvalue weighted by atomic mass is 16.2. The highest BCUT2D eigenvalue weighted by Crippen LogP contribution is 2.30. The lowest BCUT2D eigenvalue weighted by Gasteiger charge is -2.32. The van der Waals surface area contributed by atoms with Gasteiger partial charge in [0.1, 0.15) is 5.82 Å². The molecule has 8 heteroatoms. The predicted octanol–water partition coefficient (Wildman–Crippen LogP) is 0.968. The second-order valence-electron chi connectivity index (χ2n) is 7.61. The number of aromatic nitrogens is 3. The van der Waals surface area contributed by atoms with Gasteiger partial charge in [0.15, 0.2) is 5.82 Å². The molecule has 0 radical (unpaired) electrons. The summed E-state index contributed by atoms with van der Waals surface area (Å²) in [7, 11) is 5.69. The Labute approximate surface area is 164 Å². The van der Waals surface area contributed by atoms with Crippen LogP contribution in [0.4, 0.5) is 5.82 Å². The zero-order chi connectivity index (χ0) is 19.8. The first kappa shape index (κ1) is 18.3. The number of amides is 2. The third-order valence-corrected chi connectivity index (χ3v) is 5.41. The lowest BCUT2D eigenvalue weighted by Crippen LogP contribution is -2.41. The number of nitrogens with zero attached hydrogens (tertiary/aromatic N) is 6. The first-order chi connectivity index (χ1) is 13.4. The van der Waals surface area contributed by atoms with Crippen LogP contribution in [0.5, 0.6) is 0 Å². The Balaban J connectivity index is 1.64. The van der Waals surface area contributed by atoms with E-state index in [1.165, 1.54) is 0 Å². The molecular formula is C20H24N6O2. The molecule has 0 N–H and O–H groups in total. The van der Waals surface area contributed by atoms with Gasteiger partial charge in [-0.25, -0.2) is 9.97 Å². The summed E-state index contributed by atoms with van der Waals surface area (Å²) in [6.45, 7) is 1.57. The van der Waals surface area contributed by atoms with E-state index in [1.807, 2.05) is 36.0 Å². The van der Waals surface area contributed by atoms with E-state index in [2.05, 4.69) is 4.98 Å². The molecule has 1 saturated heterocycles. The molecule has 0 spiro atoms. The van der Waals surface area contributed by atoms with Crippen LogP contribution in [0.25, 0.3) is 11.4 Å². The van der Waals surface area contributed by atoms with Crippen molar-refractivity contribution < 1.29 is 9.59 Å². The Bertz CT molecular complexity index is 914. The molecule has 28 heavy (non-hydrogen) atoms. The van der Waals surface area contributed by atoms with Gasteiger partial charge in [-0.05, 0) is 18.6 Å². The van der Waals surface area contributed by atoms with E-state index < -0.39 is 0 Å². The monoisotopic (exact) mass is 380 g/mol. The molecule has 4 heterocycles. The van der Waals surface area contributed by atoms with Crippen LogP contribution in [0.3, 0.4) is 0 Å². The molecule has 8 nitrogen and oxygen atoms in total. The average Bonchev–Trinajstić information content (AvgIpc) is 3.05. The molecule has 1 atom stereocenters. The number of pyridine rings is 1. The van der Waals surface area contributed by atoms with Gasteiger partial charge in [0.05, 0.1) is 18.2 Å². The van der Waals surface area contributed by atoms with Crippen LogP contribution in [0.1, 0.15) is 17.7 Å². The molecule has 0 unspecified atom stereocenters. The maximum Gasteiger partial charge on any atom is 0.228 e. The Morgan fingerprint density at radius 1 is 1.21 bits per heavy atom. The van der Waals surface area contributed by atoms with E-state index in [0.717, 1.165) is 22.6 Å². The van der Waals surface area contributed by atoms with Crippen molar-refractivity contribution in [1.29, 1.82) is 0 Å². The summed E-state index contributed by atoms with van der Waals surface area (Å²) in [4.78, 5) is 43.8. The maximum atomic E-state index is 13.0. The van der Waals surface area contributed by atoms with Crippen molar-refractivity contribution in [3.05, 3.63) is 35.8 Å². The molecule has 0 bridgehead atoms. The van der Waals surface area contributed by atoms with Crippen LogP contribution in [0, 0.1) is 5.92 Å². The van der Waals surface area contributed by atoms with Crippen molar-refractivity contribution >= 4 is 17.6 Å². The molecule has 2 amide bonds. The molecule has 146 valence electrons. The average molecular weight is 380 g/mol. The fourth-order valence-corrected chi connectivity index (χ4v) is 3.89. The number of anilines is 1. The van der Waals surface area contributed by atoms with Gasteiger partial charge >= 0.3 is 0 Å². The number of likely N-dealkylation sites (tertiary alicyclic amines) is 1. The Kier molecular flexibility index (Phi) is 4.70. The topological polar surface area (TPSA) is 82.5 Å². The number of fused-ring (bicyclic) bond motifs is 1. The van der Waals surface area contributed by atoms with Crippen molar-refractivity contribution in [3.8, 4) is 11.4 Å². The van der Waals surface area contributed by atoms with Crippen molar-refractivity contribution in [2.24, 2.45) is 5.92 Å². The normalized spacial score (nSPS) is 19.0. The van der Waals surface area contributed by atoms with Gasteiger partial charge in [-0.1, -0.05) is 0 Å². The summed E-state index contributed by atoms with van der Waals surface area (Å²) in [6.07, 6.45) is 4.45. The molecule has 2 aliphatic rings. The zero-order valence-electron chi connectivity index (χ0n) is 16.4. The van der Waals surface area contributed by atoms with Gasteiger partial charge in [-0.2, -0.15) is 0 Å². The van der Waals surface area contributed by atoms with Crippen molar-refractivity contribution in [2.75, 3.05) is 39.1 Å². The molecular weight excluding hydrogens is 356 g/mol. The fraction of sp³-hybridized carbons (Fsp3) is 0.450. The highest BCUT2D eigenvalue weighted by Gasteiger charge is 2.36. The minimum atomic E-state index is -0.256. The molecule has 1 fully saturated rings. The van der Waals surface area contributed by atoms with Crippen LogP contribution in [-0.4, -0.2) is 70.8 Å². The SMILES string of the molecule is CN1C[C@@H](C(=O)N2CCc3c(nc(-c4ccncc4)nc3N(C)C)C2)CC1=O. The number of hydrogen-bond acceptors (Lipinski definition) is 6. The lowest BCUT2D eigenvalue weighted by molar-refractivity contribution is -0.136. The van der Waals surface area contributed by atoms with Crippen molar-refractivity contribution in [3.63, 3.8) is 0 Å². The van der Waals surface area contributed by atoms with Crippen LogP contribution >= 0.6 is 0 Å². The predicted molar refractivity (Wildman–Crippen MR) is 104 cm³/mol. The van der Waals surface area contributed by atoms with Gasteiger partial charge in [-0.15, -0.1) is 0 Å². The zero-order valence-corrected chi connectivity index (χ0v) is 16.4. The summed E-state index contributed by atoms with van der Waals surface area (Å²) < 4.78 is 0. The molecule has 2 aliphatic heterocycles. The van der Waals surface area contributed by atoms with E-state index in [-0.39, 0.29) is 17.7 Å². The first-order valence-corrected chi connectivity index (χ1v) is 9.44. The summed E-state index contributed by atoms with van der Waals surface area (Å²) in [5.41, 5.74) is 2.86. The lowest BCUT2D eigenvalue weighted by atomic mass is 10.0. The molecule has 2 aromatic rings. The minimum Gasteiger partial charge on any atom is -0.362 e. The largest absolute Gasteiger partial charge is 0.362 e. The van der Waals surface area contributed by atoms with Gasteiger partial charge in [0.25, 0.3) is 0 Å². The number of carbonyl (C=O) groups excluding carboxylic acids is 2. The Morgan fingerprint density at radius 3 is 2.61 bits per heavy atom. The second-order valence-corrected chi connectivity index (χ2v) is 7.61.